The lowest BCUT2D eigenvalue weighted by Crippen LogP contribution is -2.12. The van der Waals surface area contributed by atoms with Crippen LogP contribution < -0.4 is 0 Å². The van der Waals surface area contributed by atoms with Crippen molar-refractivity contribution in [3.63, 3.8) is 0 Å². The van der Waals surface area contributed by atoms with Gasteiger partial charge in [0.05, 0.1) is 12.7 Å². The smallest absolute Gasteiger partial charge is 0.121 e. The van der Waals surface area contributed by atoms with Crippen molar-refractivity contribution in [1.82, 2.24) is 14.6 Å². The van der Waals surface area contributed by atoms with Gasteiger partial charge in [-0.15, -0.1) is 6.42 Å². The van der Waals surface area contributed by atoms with Crippen LogP contribution in [0.1, 0.15) is 24.9 Å². The van der Waals surface area contributed by atoms with Gasteiger partial charge in [-0.3, -0.25) is 4.67 Å². The number of H-pyrrole nitrogens is 1. The summed E-state index contributed by atoms with van der Waals surface area (Å²) in [5.74, 6) is 3.42. The zero-order chi connectivity index (χ0) is 9.68. The number of imidazole rings is 1. The maximum atomic E-state index is 5.21. The second kappa shape index (κ2) is 5.01. The van der Waals surface area contributed by atoms with Crippen LogP contribution in [0.15, 0.2) is 6.20 Å². The van der Waals surface area contributed by atoms with E-state index in [-0.39, 0.29) is 0 Å². The molecule has 3 nitrogen and oxygen atoms in total. The highest BCUT2D eigenvalue weighted by molar-refractivity contribution is 7.13. The maximum absolute atomic E-state index is 5.21. The van der Waals surface area contributed by atoms with Gasteiger partial charge in [0.2, 0.25) is 0 Å². The van der Waals surface area contributed by atoms with Gasteiger partial charge in [-0.25, -0.2) is 4.98 Å². The van der Waals surface area contributed by atoms with Gasteiger partial charge in [0.1, 0.15) is 11.5 Å². The van der Waals surface area contributed by atoms with Crippen LogP contribution in [0.2, 0.25) is 0 Å². The number of aromatic nitrogens is 2. The Hall–Kier alpha value is -0.840. The van der Waals surface area contributed by atoms with E-state index in [0.29, 0.717) is 0 Å². The highest BCUT2D eigenvalue weighted by atomic mass is 31.0. The van der Waals surface area contributed by atoms with E-state index in [0.717, 1.165) is 31.0 Å². The van der Waals surface area contributed by atoms with E-state index in [2.05, 4.69) is 36.9 Å². The Labute approximate surface area is 81.2 Å². The van der Waals surface area contributed by atoms with Crippen molar-refractivity contribution in [2.24, 2.45) is 0 Å². The van der Waals surface area contributed by atoms with E-state index >= 15 is 0 Å². The molecular formula is C9H14N3P. The van der Waals surface area contributed by atoms with Crippen molar-refractivity contribution in [1.29, 1.82) is 0 Å². The van der Waals surface area contributed by atoms with Crippen LogP contribution in [0.3, 0.4) is 0 Å². The zero-order valence-electron chi connectivity index (χ0n) is 7.75. The monoisotopic (exact) mass is 195 g/mol. The number of terminal acetylenes is 1. The van der Waals surface area contributed by atoms with Gasteiger partial charge < -0.3 is 4.98 Å². The fourth-order valence-corrected chi connectivity index (χ4v) is 1.51. The van der Waals surface area contributed by atoms with E-state index in [1.165, 1.54) is 0 Å². The molecule has 1 heterocycles. The van der Waals surface area contributed by atoms with Crippen molar-refractivity contribution in [3.05, 3.63) is 17.7 Å². The number of nitrogens with zero attached hydrogens (tertiary/aromatic N) is 2. The Balaban J connectivity index is 2.50. The fraction of sp³-hybridized carbons (Fsp3) is 0.444. The molecule has 0 saturated heterocycles. The molecule has 1 aromatic rings. The quantitative estimate of drug-likeness (QED) is 0.581. The fourth-order valence-electron chi connectivity index (χ4n) is 1.07. The Morgan fingerprint density at radius 1 is 1.77 bits per heavy atom. The largest absolute Gasteiger partial charge is 0.334 e. The molecule has 1 N–H and O–H groups in total. The van der Waals surface area contributed by atoms with Crippen molar-refractivity contribution in [3.8, 4) is 12.3 Å². The van der Waals surface area contributed by atoms with E-state index in [1.54, 1.807) is 6.20 Å². The molecule has 1 unspecified atom stereocenters. The minimum Gasteiger partial charge on any atom is -0.334 e. The minimum atomic E-state index is 0.741. The molecule has 1 aromatic heterocycles. The second-order valence-electron chi connectivity index (χ2n) is 2.86. The van der Waals surface area contributed by atoms with Gasteiger partial charge in [-0.05, 0) is 6.42 Å². The molecule has 0 saturated carbocycles. The summed E-state index contributed by atoms with van der Waals surface area (Å²) < 4.78 is 2.12. The van der Waals surface area contributed by atoms with Crippen LogP contribution in [-0.2, 0) is 6.54 Å². The lowest BCUT2D eigenvalue weighted by atomic mass is 10.4. The first-order valence-corrected chi connectivity index (χ1v) is 4.78. The predicted molar refractivity (Wildman–Crippen MR) is 56.9 cm³/mol. The molecule has 0 radical (unpaired) electrons. The average molecular weight is 195 g/mol. The van der Waals surface area contributed by atoms with Crippen LogP contribution in [0, 0.1) is 12.3 Å². The van der Waals surface area contributed by atoms with Crippen molar-refractivity contribution >= 4 is 9.39 Å². The van der Waals surface area contributed by atoms with Crippen LogP contribution in [0.25, 0.3) is 0 Å². The summed E-state index contributed by atoms with van der Waals surface area (Å²) in [5.41, 5.74) is 0.741. The van der Waals surface area contributed by atoms with Crippen LogP contribution in [0.5, 0.6) is 0 Å². The van der Waals surface area contributed by atoms with Crippen LogP contribution in [-0.4, -0.2) is 21.2 Å². The summed E-state index contributed by atoms with van der Waals surface area (Å²) in [6, 6.07) is 0. The van der Waals surface area contributed by atoms with Gasteiger partial charge in [-0.1, -0.05) is 22.2 Å². The van der Waals surface area contributed by atoms with Gasteiger partial charge in [-0.2, -0.15) is 0 Å². The van der Waals surface area contributed by atoms with Crippen molar-refractivity contribution in [2.45, 2.75) is 19.9 Å². The normalized spacial score (nSPS) is 10.3. The Morgan fingerprint density at radius 2 is 2.54 bits per heavy atom. The summed E-state index contributed by atoms with van der Waals surface area (Å²) in [6.07, 6.45) is 8.02. The molecule has 0 fully saturated rings. The van der Waals surface area contributed by atoms with Gasteiger partial charge in [0.15, 0.2) is 0 Å². The third kappa shape index (κ3) is 3.18. The SMILES string of the molecule is C#Cc1cnc(CN(P)CCC)[nH]1. The zero-order valence-corrected chi connectivity index (χ0v) is 8.90. The van der Waals surface area contributed by atoms with Crippen LogP contribution >= 0.6 is 9.39 Å². The topological polar surface area (TPSA) is 31.9 Å². The van der Waals surface area contributed by atoms with Gasteiger partial charge in [0, 0.05) is 6.54 Å². The maximum Gasteiger partial charge on any atom is 0.121 e. The Kier molecular flexibility index (Phi) is 3.95. The third-order valence-corrected chi connectivity index (χ3v) is 2.09. The van der Waals surface area contributed by atoms with Crippen molar-refractivity contribution in [2.75, 3.05) is 6.54 Å². The first-order chi connectivity index (χ1) is 6.26. The van der Waals surface area contributed by atoms with E-state index in [1.807, 2.05) is 0 Å². The molecule has 0 spiro atoms. The molecule has 0 aromatic carbocycles. The highest BCUT2D eigenvalue weighted by Gasteiger charge is 2.02. The second-order valence-corrected chi connectivity index (χ2v) is 3.59. The molecule has 70 valence electrons. The highest BCUT2D eigenvalue weighted by Crippen LogP contribution is 2.06. The molecule has 0 aliphatic carbocycles. The van der Waals surface area contributed by atoms with Crippen LogP contribution in [0.4, 0.5) is 0 Å². The molecular weight excluding hydrogens is 181 g/mol. The Morgan fingerprint density at radius 3 is 3.08 bits per heavy atom. The molecule has 0 amide bonds. The number of hydrogen-bond acceptors (Lipinski definition) is 2. The molecule has 13 heavy (non-hydrogen) atoms. The van der Waals surface area contributed by atoms with E-state index in [4.69, 9.17) is 6.42 Å². The minimum absolute atomic E-state index is 0.741. The average Bonchev–Trinajstić information content (AvgIpc) is 2.52. The first-order valence-electron chi connectivity index (χ1n) is 4.26. The summed E-state index contributed by atoms with van der Waals surface area (Å²) in [6.45, 7) is 3.98. The number of aromatic amines is 1. The third-order valence-electron chi connectivity index (χ3n) is 1.65. The molecule has 0 bridgehead atoms. The lowest BCUT2D eigenvalue weighted by Gasteiger charge is -2.12. The molecule has 0 aliphatic rings. The molecule has 1 atom stereocenters. The molecule has 1 rings (SSSR count). The predicted octanol–water partition coefficient (Wildman–Crippen LogP) is 1.39. The first kappa shape index (κ1) is 10.2. The van der Waals surface area contributed by atoms with Gasteiger partial charge >= 0.3 is 0 Å². The summed E-state index contributed by atoms with van der Waals surface area (Å²) in [5, 5.41) is 0. The summed E-state index contributed by atoms with van der Waals surface area (Å²) in [4.78, 5) is 7.21. The molecule has 0 aliphatic heterocycles. The Bertz CT molecular complexity index is 300. The lowest BCUT2D eigenvalue weighted by molar-refractivity contribution is 0.452. The van der Waals surface area contributed by atoms with E-state index < -0.39 is 0 Å². The summed E-state index contributed by atoms with van der Waals surface area (Å²) >= 11 is 0. The number of nitrogens with one attached hydrogen (secondary N) is 1. The number of rotatable bonds is 4. The van der Waals surface area contributed by atoms with Gasteiger partial charge in [0.25, 0.3) is 0 Å². The standard InChI is InChI=1S/C9H14N3P/c1-3-5-12(13)7-9-10-6-8(4-2)11-9/h2,6H,3,5,7,13H2,1H3,(H,10,11). The number of hydrogen-bond donors (Lipinski definition) is 1. The van der Waals surface area contributed by atoms with Crippen molar-refractivity contribution < 1.29 is 0 Å². The summed E-state index contributed by atoms with van der Waals surface area (Å²) in [7, 11) is 2.67. The van der Waals surface area contributed by atoms with E-state index in [9.17, 15) is 0 Å². The molecule has 4 heteroatoms.